The van der Waals surface area contributed by atoms with E-state index in [2.05, 4.69) is 10.4 Å². The number of carbonyl (C=O) groups excluding carboxylic acids is 2. The molecule has 0 bridgehead atoms. The highest BCUT2D eigenvalue weighted by Gasteiger charge is 2.34. The molecule has 42 heavy (non-hydrogen) atoms. The fourth-order valence-electron chi connectivity index (χ4n) is 4.29. The zero-order valence-corrected chi connectivity index (χ0v) is 24.0. The van der Waals surface area contributed by atoms with Crippen LogP contribution in [0.5, 0.6) is 11.5 Å². The maximum Gasteiger partial charge on any atom is 0.297 e. The van der Waals surface area contributed by atoms with E-state index in [0.29, 0.717) is 27.4 Å². The number of phenolic OH excluding ortho intramolecular Hbond substituents is 1. The van der Waals surface area contributed by atoms with Crippen molar-refractivity contribution in [2.45, 2.75) is 6.92 Å². The molecular formula is C30H27N5O6S. The number of para-hydroxylation sites is 1. The number of aromatic hydroxyl groups is 1. The van der Waals surface area contributed by atoms with Crippen molar-refractivity contribution >= 4 is 40.4 Å². The van der Waals surface area contributed by atoms with Gasteiger partial charge in [0.05, 0.1) is 30.5 Å². The Labute approximate surface area is 245 Å². The Morgan fingerprint density at radius 2 is 1.79 bits per heavy atom. The van der Waals surface area contributed by atoms with E-state index in [4.69, 9.17) is 9.47 Å². The molecule has 0 spiro atoms. The van der Waals surface area contributed by atoms with Crippen LogP contribution < -0.4 is 15.7 Å². The molecule has 2 N–H and O–H groups in total. The highest BCUT2D eigenvalue weighted by Crippen LogP contribution is 2.35. The van der Waals surface area contributed by atoms with Crippen LogP contribution in [0.25, 0.3) is 11.8 Å². The summed E-state index contributed by atoms with van der Waals surface area (Å²) >= 11 is 1.08. The fraction of sp³-hybridized carbons (Fsp3) is 0.133. The van der Waals surface area contributed by atoms with E-state index in [9.17, 15) is 19.5 Å². The van der Waals surface area contributed by atoms with E-state index in [0.717, 1.165) is 11.8 Å². The Morgan fingerprint density at radius 1 is 1.02 bits per heavy atom. The van der Waals surface area contributed by atoms with Crippen molar-refractivity contribution in [2.75, 3.05) is 14.2 Å². The number of benzene rings is 2. The third-order valence-corrected chi connectivity index (χ3v) is 7.56. The van der Waals surface area contributed by atoms with Gasteiger partial charge < -0.3 is 14.6 Å². The smallest absolute Gasteiger partial charge is 0.297 e. The number of nitrogens with zero attached hydrogens (tertiary/aromatic N) is 4. The second-order valence-electron chi connectivity index (χ2n) is 9.17. The predicted molar refractivity (Wildman–Crippen MR) is 160 cm³/mol. The Hall–Kier alpha value is -5.23. The van der Waals surface area contributed by atoms with Gasteiger partial charge in [0.25, 0.3) is 11.5 Å². The van der Waals surface area contributed by atoms with Crippen LogP contribution in [0, 0.1) is 6.92 Å². The number of methoxy groups -OCH3 is 2. The summed E-state index contributed by atoms with van der Waals surface area (Å²) in [5, 5.41) is 11.4. The summed E-state index contributed by atoms with van der Waals surface area (Å²) in [5.74, 6) is -0.308. The van der Waals surface area contributed by atoms with Crippen molar-refractivity contribution in [2.24, 2.45) is 12.0 Å². The molecule has 1 saturated heterocycles. The van der Waals surface area contributed by atoms with Gasteiger partial charge in [0.2, 0.25) is 5.78 Å². The van der Waals surface area contributed by atoms with Gasteiger partial charge in [0.15, 0.2) is 28.1 Å². The van der Waals surface area contributed by atoms with Gasteiger partial charge in [0, 0.05) is 13.2 Å². The minimum atomic E-state index is -0.425. The molecule has 0 radical (unpaired) electrons. The van der Waals surface area contributed by atoms with Crippen molar-refractivity contribution in [3.05, 3.63) is 111 Å². The predicted octanol–water partition coefficient (Wildman–Crippen LogP) is 3.86. The van der Waals surface area contributed by atoms with Gasteiger partial charge in [0.1, 0.15) is 0 Å². The number of nitrogens with one attached hydrogen (secondary N) is 1. The molecule has 0 saturated carbocycles. The number of aromatic nitrogens is 2. The third kappa shape index (κ3) is 5.39. The van der Waals surface area contributed by atoms with Crippen molar-refractivity contribution in [1.29, 1.82) is 0 Å². The molecular weight excluding hydrogens is 558 g/mol. The number of rotatable bonds is 7. The molecule has 2 heterocycles. The molecule has 12 heteroatoms. The van der Waals surface area contributed by atoms with Crippen LogP contribution in [0.4, 0.5) is 5.69 Å². The Bertz CT molecular complexity index is 1800. The molecule has 1 aliphatic carbocycles. The van der Waals surface area contributed by atoms with E-state index in [1.165, 1.54) is 42.3 Å². The SMILES string of the molecule is COC1=CC(=CNN2C(=O)C(=Cc3ccc(O)c(OC)c3)SC2=Nc2c(C)n(C)n(-c3ccccc3)c2=O)C=CC1=O. The number of amidine groups is 1. The summed E-state index contributed by atoms with van der Waals surface area (Å²) in [6.45, 7) is 1.78. The van der Waals surface area contributed by atoms with Gasteiger partial charge in [-0.15, -0.1) is 0 Å². The van der Waals surface area contributed by atoms with Gasteiger partial charge in [-0.3, -0.25) is 24.5 Å². The van der Waals surface area contributed by atoms with E-state index in [1.54, 1.807) is 49.0 Å². The van der Waals surface area contributed by atoms with Gasteiger partial charge >= 0.3 is 0 Å². The topological polar surface area (TPSA) is 127 Å². The first-order valence-electron chi connectivity index (χ1n) is 12.7. The first-order valence-corrected chi connectivity index (χ1v) is 13.5. The van der Waals surface area contributed by atoms with Crippen LogP contribution in [0.1, 0.15) is 11.3 Å². The van der Waals surface area contributed by atoms with Crippen LogP contribution in [-0.4, -0.2) is 50.6 Å². The van der Waals surface area contributed by atoms with E-state index in [-0.39, 0.29) is 39.5 Å². The number of hydrogen-bond acceptors (Lipinski definition) is 9. The first kappa shape index (κ1) is 28.3. The first-order chi connectivity index (χ1) is 20.2. The maximum absolute atomic E-state index is 13.6. The third-order valence-electron chi connectivity index (χ3n) is 6.59. The van der Waals surface area contributed by atoms with Crippen molar-refractivity contribution in [3.8, 4) is 17.2 Å². The fourth-order valence-corrected chi connectivity index (χ4v) is 5.22. The summed E-state index contributed by atoms with van der Waals surface area (Å²) < 4.78 is 13.5. The molecule has 0 unspecified atom stereocenters. The monoisotopic (exact) mass is 585 g/mol. The number of thioether (sulfide) groups is 1. The molecule has 214 valence electrons. The summed E-state index contributed by atoms with van der Waals surface area (Å²) in [5.41, 5.74) is 5.25. The van der Waals surface area contributed by atoms with Crippen molar-refractivity contribution in [3.63, 3.8) is 0 Å². The summed E-state index contributed by atoms with van der Waals surface area (Å²) in [6.07, 6.45) is 7.66. The molecule has 1 amide bonds. The molecule has 2 aliphatic rings. The van der Waals surface area contributed by atoms with Crippen LogP contribution in [-0.2, 0) is 21.4 Å². The van der Waals surface area contributed by atoms with Crippen LogP contribution in [0.15, 0.2) is 99.0 Å². The number of phenols is 1. The number of allylic oxidation sites excluding steroid dienone is 4. The van der Waals surface area contributed by atoms with Gasteiger partial charge in [-0.2, -0.15) is 5.01 Å². The molecule has 1 aliphatic heterocycles. The van der Waals surface area contributed by atoms with Crippen molar-refractivity contribution < 1.29 is 24.2 Å². The second-order valence-corrected chi connectivity index (χ2v) is 10.2. The zero-order chi connectivity index (χ0) is 30.0. The van der Waals surface area contributed by atoms with Gasteiger partial charge in [-0.05, 0) is 78.4 Å². The van der Waals surface area contributed by atoms with Crippen LogP contribution in [0.2, 0.25) is 0 Å². The highest BCUT2D eigenvalue weighted by molar-refractivity contribution is 8.18. The highest BCUT2D eigenvalue weighted by atomic mass is 32.2. The summed E-state index contributed by atoms with van der Waals surface area (Å²) in [6, 6.07) is 13.9. The minimum absolute atomic E-state index is 0.0287. The molecule has 0 atom stereocenters. The lowest BCUT2D eigenvalue weighted by Gasteiger charge is -2.16. The molecule has 1 aromatic heterocycles. The Kier molecular flexibility index (Phi) is 7.89. The molecule has 1 fully saturated rings. The Morgan fingerprint density at radius 3 is 2.50 bits per heavy atom. The quantitative estimate of drug-likeness (QED) is 0.401. The number of amides is 1. The largest absolute Gasteiger partial charge is 0.504 e. The lowest BCUT2D eigenvalue weighted by atomic mass is 10.1. The van der Waals surface area contributed by atoms with Crippen molar-refractivity contribution in [1.82, 2.24) is 19.8 Å². The molecule has 11 nitrogen and oxygen atoms in total. The van der Waals surface area contributed by atoms with Crippen LogP contribution >= 0.6 is 11.8 Å². The van der Waals surface area contributed by atoms with E-state index >= 15 is 0 Å². The average Bonchev–Trinajstić information content (AvgIpc) is 3.40. The Balaban J connectivity index is 1.57. The maximum atomic E-state index is 13.6. The van der Waals surface area contributed by atoms with Gasteiger partial charge in [-0.1, -0.05) is 24.3 Å². The number of hydrazine groups is 1. The normalized spacial score (nSPS) is 17.9. The number of hydrogen-bond donors (Lipinski definition) is 2. The van der Waals surface area contributed by atoms with Gasteiger partial charge in [-0.25, -0.2) is 9.67 Å². The molecule has 2 aromatic carbocycles. The second kappa shape index (κ2) is 11.7. The minimum Gasteiger partial charge on any atom is -0.504 e. The standard InChI is InChI=1S/C30H27N5O6S/c1-18-27(29(39)35(33(18)2)21-8-6-5-7-9-21)32-30-34(31-17-20-11-13-23(37)25(15-20)41-4)28(38)26(42-30)16-19-10-12-22(36)24(14-19)40-3/h5-17,31,36H,1-4H3. The number of ketones is 1. The summed E-state index contributed by atoms with van der Waals surface area (Å²) in [4.78, 5) is 44.1. The zero-order valence-electron chi connectivity index (χ0n) is 23.2. The van der Waals surface area contributed by atoms with E-state index < -0.39 is 5.91 Å². The van der Waals surface area contributed by atoms with E-state index in [1.807, 2.05) is 30.3 Å². The molecule has 5 rings (SSSR count). The summed E-state index contributed by atoms with van der Waals surface area (Å²) in [7, 11) is 4.60. The number of aliphatic imine (C=N–C) groups is 1. The van der Waals surface area contributed by atoms with Crippen LogP contribution in [0.3, 0.4) is 0 Å². The lowest BCUT2D eigenvalue weighted by molar-refractivity contribution is -0.123. The average molecular weight is 586 g/mol. The number of ether oxygens (including phenoxy) is 2. The molecule has 3 aromatic rings. The lowest BCUT2D eigenvalue weighted by Crippen LogP contribution is -2.39. The number of carbonyl (C=O) groups is 2.